The summed E-state index contributed by atoms with van der Waals surface area (Å²) in [5, 5.41) is 0. The fourth-order valence-corrected chi connectivity index (χ4v) is 1.57. The Kier molecular flexibility index (Phi) is 6.18. The molecule has 0 unspecified atom stereocenters. The second kappa shape index (κ2) is 7.42. The lowest BCUT2D eigenvalue weighted by Gasteiger charge is -2.10. The van der Waals surface area contributed by atoms with Crippen LogP contribution in [0.5, 0.6) is 5.75 Å². The molecule has 1 rings (SSSR count). The molecule has 0 bridgehead atoms. The highest BCUT2D eigenvalue weighted by Gasteiger charge is 2.08. The van der Waals surface area contributed by atoms with Crippen molar-refractivity contribution in [3.8, 4) is 5.75 Å². The van der Waals surface area contributed by atoms with Crippen LogP contribution in [0.1, 0.15) is 17.3 Å². The number of ketones is 1. The summed E-state index contributed by atoms with van der Waals surface area (Å²) in [4.78, 5) is 11.4. The molecular weight excluding hydrogens is 288 g/mol. The quantitative estimate of drug-likeness (QED) is 0.441. The van der Waals surface area contributed by atoms with E-state index in [2.05, 4.69) is 15.9 Å². The summed E-state index contributed by atoms with van der Waals surface area (Å²) < 4.78 is 16.2. The molecule has 0 fully saturated rings. The second-order valence-corrected chi connectivity index (χ2v) is 4.28. The average molecular weight is 303 g/mol. The third-order valence-electron chi connectivity index (χ3n) is 2.05. The molecule has 1 aromatic carbocycles. The number of rotatable bonds is 7. The number of benzene rings is 1. The van der Waals surface area contributed by atoms with Crippen molar-refractivity contribution in [1.82, 2.24) is 0 Å². The van der Waals surface area contributed by atoms with Crippen molar-refractivity contribution < 1.29 is 19.0 Å². The number of carbonyl (C=O) groups is 1. The minimum Gasteiger partial charge on any atom is -0.467 e. The van der Waals surface area contributed by atoms with Crippen LogP contribution < -0.4 is 4.74 Å². The van der Waals surface area contributed by atoms with Crippen molar-refractivity contribution >= 4 is 21.7 Å². The third-order valence-corrected chi connectivity index (χ3v) is 2.54. The summed E-state index contributed by atoms with van der Waals surface area (Å²) in [6.45, 7) is 2.58. The summed E-state index contributed by atoms with van der Waals surface area (Å²) in [7, 11) is 1.60. The first-order valence-corrected chi connectivity index (χ1v) is 5.94. The van der Waals surface area contributed by atoms with Gasteiger partial charge in [0.05, 0.1) is 18.8 Å². The van der Waals surface area contributed by atoms with Gasteiger partial charge in [-0.2, -0.15) is 0 Å². The van der Waals surface area contributed by atoms with Gasteiger partial charge in [-0.3, -0.25) is 4.79 Å². The fraction of sp³-hybridized carbons (Fsp3) is 0.417. The van der Waals surface area contributed by atoms with Crippen LogP contribution in [0.25, 0.3) is 0 Å². The lowest BCUT2D eigenvalue weighted by molar-refractivity contribution is -0.00873. The molecular formula is C12H15BrO4. The maximum atomic E-state index is 11.4. The molecule has 0 saturated carbocycles. The zero-order valence-corrected chi connectivity index (χ0v) is 11.5. The fourth-order valence-electron chi connectivity index (χ4n) is 1.21. The predicted molar refractivity (Wildman–Crippen MR) is 67.5 cm³/mol. The molecule has 0 aliphatic heterocycles. The predicted octanol–water partition coefficient (Wildman–Crippen LogP) is 2.65. The van der Waals surface area contributed by atoms with Gasteiger partial charge in [-0.1, -0.05) is 15.9 Å². The van der Waals surface area contributed by atoms with Crippen LogP contribution >= 0.6 is 15.9 Å². The summed E-state index contributed by atoms with van der Waals surface area (Å²) >= 11 is 3.31. The first-order chi connectivity index (χ1) is 8.15. The average Bonchev–Trinajstić information content (AvgIpc) is 2.30. The smallest absolute Gasteiger partial charge is 0.189 e. The number of halogens is 1. The first kappa shape index (κ1) is 14.2. The molecule has 0 aliphatic carbocycles. The van der Waals surface area contributed by atoms with E-state index < -0.39 is 0 Å². The Bertz CT molecular complexity index is 379. The van der Waals surface area contributed by atoms with Gasteiger partial charge < -0.3 is 14.2 Å². The number of carbonyl (C=O) groups excluding carboxylic acids is 1. The molecule has 5 heteroatoms. The number of methoxy groups -OCH3 is 1. The molecule has 0 amide bonds. The number of Topliss-reactive ketones (excluding diaryl/α,β-unsaturated/α-hetero) is 1. The number of hydrogen-bond acceptors (Lipinski definition) is 4. The van der Waals surface area contributed by atoms with Crippen molar-refractivity contribution in [3.05, 3.63) is 28.2 Å². The molecule has 0 aromatic heterocycles. The van der Waals surface area contributed by atoms with Gasteiger partial charge in [-0.15, -0.1) is 0 Å². The monoisotopic (exact) mass is 302 g/mol. The molecule has 4 nitrogen and oxygen atoms in total. The van der Waals surface area contributed by atoms with Gasteiger partial charge in [-0.05, 0) is 25.1 Å². The van der Waals surface area contributed by atoms with Crippen LogP contribution in [0.2, 0.25) is 0 Å². The standard InChI is InChI=1S/C12H15BrO4/c1-9(14)11-7-10(13)3-4-12(11)17-8-16-6-5-15-2/h3-4,7H,5-6,8H2,1-2H3. The number of ether oxygens (including phenoxy) is 3. The third kappa shape index (κ3) is 4.85. The lowest BCUT2D eigenvalue weighted by atomic mass is 10.1. The minimum absolute atomic E-state index is 0.0433. The van der Waals surface area contributed by atoms with Gasteiger partial charge in [0.15, 0.2) is 12.6 Å². The van der Waals surface area contributed by atoms with E-state index in [1.165, 1.54) is 6.92 Å². The van der Waals surface area contributed by atoms with Gasteiger partial charge >= 0.3 is 0 Å². The second-order valence-electron chi connectivity index (χ2n) is 3.36. The zero-order valence-electron chi connectivity index (χ0n) is 9.86. The Morgan fingerprint density at radius 2 is 2.12 bits per heavy atom. The molecule has 0 atom stereocenters. The maximum absolute atomic E-state index is 11.4. The summed E-state index contributed by atoms with van der Waals surface area (Å²) in [5.74, 6) is 0.483. The lowest BCUT2D eigenvalue weighted by Crippen LogP contribution is -2.09. The van der Waals surface area contributed by atoms with Gasteiger partial charge in [0, 0.05) is 11.6 Å². The van der Waals surface area contributed by atoms with Crippen LogP contribution in [0.4, 0.5) is 0 Å². The van der Waals surface area contributed by atoms with Crippen molar-refractivity contribution in [2.75, 3.05) is 27.1 Å². The van der Waals surface area contributed by atoms with E-state index in [1.54, 1.807) is 19.2 Å². The Hall–Kier alpha value is -0.910. The van der Waals surface area contributed by atoms with Gasteiger partial charge in [0.25, 0.3) is 0 Å². The SMILES string of the molecule is COCCOCOc1ccc(Br)cc1C(C)=O. The van der Waals surface area contributed by atoms with Gasteiger partial charge in [0.1, 0.15) is 5.75 Å². The van der Waals surface area contributed by atoms with E-state index in [0.29, 0.717) is 24.5 Å². The minimum atomic E-state index is -0.0433. The van der Waals surface area contributed by atoms with E-state index in [-0.39, 0.29) is 12.6 Å². The van der Waals surface area contributed by atoms with Gasteiger partial charge in [0.2, 0.25) is 0 Å². The molecule has 0 aliphatic rings. The Morgan fingerprint density at radius 3 is 2.76 bits per heavy atom. The van der Waals surface area contributed by atoms with Crippen LogP contribution in [0.3, 0.4) is 0 Å². The van der Waals surface area contributed by atoms with Crippen LogP contribution in [-0.2, 0) is 9.47 Å². The van der Waals surface area contributed by atoms with E-state index in [1.807, 2.05) is 6.07 Å². The molecule has 0 N–H and O–H groups in total. The summed E-state index contributed by atoms with van der Waals surface area (Å²) in [5.41, 5.74) is 0.537. The zero-order chi connectivity index (χ0) is 12.7. The molecule has 0 saturated heterocycles. The molecule has 94 valence electrons. The normalized spacial score (nSPS) is 10.3. The molecule has 17 heavy (non-hydrogen) atoms. The summed E-state index contributed by atoms with van der Waals surface area (Å²) in [6.07, 6.45) is 0. The highest BCUT2D eigenvalue weighted by Crippen LogP contribution is 2.23. The van der Waals surface area contributed by atoms with Crippen molar-refractivity contribution in [2.24, 2.45) is 0 Å². The van der Waals surface area contributed by atoms with Crippen molar-refractivity contribution in [3.63, 3.8) is 0 Å². The van der Waals surface area contributed by atoms with Crippen molar-refractivity contribution in [1.29, 1.82) is 0 Å². The van der Waals surface area contributed by atoms with E-state index in [0.717, 1.165) is 4.47 Å². The maximum Gasteiger partial charge on any atom is 0.189 e. The Labute approximate surface area is 109 Å². The first-order valence-electron chi connectivity index (χ1n) is 5.15. The molecule has 1 aromatic rings. The van der Waals surface area contributed by atoms with E-state index in [4.69, 9.17) is 14.2 Å². The Morgan fingerprint density at radius 1 is 1.35 bits per heavy atom. The van der Waals surface area contributed by atoms with Gasteiger partial charge in [-0.25, -0.2) is 0 Å². The van der Waals surface area contributed by atoms with E-state index in [9.17, 15) is 4.79 Å². The topological polar surface area (TPSA) is 44.8 Å². The molecule has 0 heterocycles. The van der Waals surface area contributed by atoms with Crippen LogP contribution in [0, 0.1) is 0 Å². The summed E-state index contributed by atoms with van der Waals surface area (Å²) in [6, 6.07) is 5.28. The Balaban J connectivity index is 2.55. The highest BCUT2D eigenvalue weighted by atomic mass is 79.9. The van der Waals surface area contributed by atoms with Crippen LogP contribution in [-0.4, -0.2) is 32.9 Å². The highest BCUT2D eigenvalue weighted by molar-refractivity contribution is 9.10. The van der Waals surface area contributed by atoms with E-state index >= 15 is 0 Å². The largest absolute Gasteiger partial charge is 0.467 e. The number of hydrogen-bond donors (Lipinski definition) is 0. The van der Waals surface area contributed by atoms with Crippen LogP contribution in [0.15, 0.2) is 22.7 Å². The molecule has 0 spiro atoms. The van der Waals surface area contributed by atoms with Crippen molar-refractivity contribution in [2.45, 2.75) is 6.92 Å². The molecule has 0 radical (unpaired) electrons.